The zero-order valence-electron chi connectivity index (χ0n) is 19.8. The topological polar surface area (TPSA) is 90.7 Å². The second-order valence-corrected chi connectivity index (χ2v) is 8.32. The summed E-state index contributed by atoms with van der Waals surface area (Å²) in [6.07, 6.45) is -0.00139. The van der Waals surface area contributed by atoms with Crippen LogP contribution in [0.3, 0.4) is 0 Å². The maximum absolute atomic E-state index is 13.6. The molecule has 0 aliphatic carbocycles. The Kier molecular flexibility index (Phi) is 7.71. The van der Waals surface area contributed by atoms with Crippen molar-refractivity contribution in [3.63, 3.8) is 0 Å². The van der Waals surface area contributed by atoms with Crippen molar-refractivity contribution in [3.05, 3.63) is 64.7 Å². The van der Waals surface area contributed by atoms with Crippen LogP contribution in [-0.2, 0) is 14.3 Å². The van der Waals surface area contributed by atoms with Crippen LogP contribution in [0, 0.1) is 23.2 Å². The third kappa shape index (κ3) is 5.44. The minimum absolute atomic E-state index is 0.00139. The van der Waals surface area contributed by atoms with Crippen molar-refractivity contribution in [2.24, 2.45) is 0 Å². The van der Waals surface area contributed by atoms with Crippen LogP contribution in [0.4, 0.5) is 5.69 Å². The Bertz CT molecular complexity index is 1220. The van der Waals surface area contributed by atoms with E-state index in [0.717, 1.165) is 0 Å². The van der Waals surface area contributed by atoms with E-state index in [-0.39, 0.29) is 37.4 Å². The first-order chi connectivity index (χ1) is 16.2. The Hall–Kier alpha value is -4.10. The van der Waals surface area contributed by atoms with Gasteiger partial charge in [0.15, 0.2) is 0 Å². The van der Waals surface area contributed by atoms with Gasteiger partial charge >= 0.3 is 5.97 Å². The molecule has 2 amide bonds. The third-order valence-corrected chi connectivity index (χ3v) is 5.48. The van der Waals surface area contributed by atoms with Crippen LogP contribution in [0.1, 0.15) is 61.2 Å². The summed E-state index contributed by atoms with van der Waals surface area (Å²) in [6.45, 7) is 7.35. The summed E-state index contributed by atoms with van der Waals surface area (Å²) in [5, 5.41) is 9.08. The summed E-state index contributed by atoms with van der Waals surface area (Å²) in [5.74, 6) is 5.10. The predicted octanol–water partition coefficient (Wildman–Crippen LogP) is 3.50. The zero-order chi connectivity index (χ0) is 24.8. The van der Waals surface area contributed by atoms with Gasteiger partial charge < -0.3 is 14.5 Å². The molecule has 1 unspecified atom stereocenters. The van der Waals surface area contributed by atoms with E-state index in [9.17, 15) is 14.4 Å². The lowest BCUT2D eigenvalue weighted by Gasteiger charge is -2.28. The number of hydrogen-bond donors (Lipinski definition) is 0. The van der Waals surface area contributed by atoms with Crippen molar-refractivity contribution in [1.29, 1.82) is 5.26 Å². The van der Waals surface area contributed by atoms with Crippen molar-refractivity contribution in [1.82, 2.24) is 4.90 Å². The first-order valence-corrected chi connectivity index (χ1v) is 11.2. The van der Waals surface area contributed by atoms with Gasteiger partial charge in [-0.05, 0) is 64.1 Å². The van der Waals surface area contributed by atoms with Crippen LogP contribution in [0.25, 0.3) is 0 Å². The highest BCUT2D eigenvalue weighted by Crippen LogP contribution is 2.30. The van der Waals surface area contributed by atoms with Gasteiger partial charge in [0.05, 0.1) is 35.9 Å². The van der Waals surface area contributed by atoms with Gasteiger partial charge in [0.2, 0.25) is 5.91 Å². The molecular formula is C27H27N3O4. The molecule has 174 valence electrons. The van der Waals surface area contributed by atoms with Crippen molar-refractivity contribution < 1.29 is 19.1 Å². The highest BCUT2D eigenvalue weighted by atomic mass is 16.5. The molecule has 0 aromatic heterocycles. The Balaban J connectivity index is 2.01. The van der Waals surface area contributed by atoms with Crippen LogP contribution < -0.4 is 4.90 Å². The molecule has 0 saturated carbocycles. The maximum atomic E-state index is 13.6. The number of esters is 1. The summed E-state index contributed by atoms with van der Waals surface area (Å²) in [5.41, 5.74) is 2.68. The van der Waals surface area contributed by atoms with Crippen LogP contribution >= 0.6 is 0 Å². The lowest BCUT2D eigenvalue weighted by atomic mass is 10.0. The number of benzene rings is 2. The average Bonchev–Trinajstić information content (AvgIpc) is 2.91. The van der Waals surface area contributed by atoms with Gasteiger partial charge in [-0.2, -0.15) is 5.26 Å². The molecule has 1 aliphatic rings. The molecule has 1 aliphatic heterocycles. The SMILES string of the molecule is CCOC(=O)CC(C)N1CC(=O)N(C(C)C)c2ccc(C#Cc3cccc(C#N)c3)cc2C1=O. The van der Waals surface area contributed by atoms with E-state index in [1.807, 2.05) is 13.8 Å². The molecule has 7 heteroatoms. The van der Waals surface area contributed by atoms with Crippen LogP contribution in [-0.4, -0.2) is 47.9 Å². The number of anilines is 1. The first-order valence-electron chi connectivity index (χ1n) is 11.2. The van der Waals surface area contributed by atoms with Crippen molar-refractivity contribution in [2.75, 3.05) is 18.1 Å². The predicted molar refractivity (Wildman–Crippen MR) is 128 cm³/mol. The van der Waals surface area contributed by atoms with Crippen molar-refractivity contribution >= 4 is 23.5 Å². The minimum Gasteiger partial charge on any atom is -0.466 e. The molecule has 0 saturated heterocycles. The maximum Gasteiger partial charge on any atom is 0.307 e. The van der Waals surface area contributed by atoms with E-state index < -0.39 is 12.0 Å². The molecule has 0 radical (unpaired) electrons. The van der Waals surface area contributed by atoms with Crippen LogP contribution in [0.15, 0.2) is 42.5 Å². The van der Waals surface area contributed by atoms with Gasteiger partial charge in [-0.25, -0.2) is 0 Å². The normalized spacial score (nSPS) is 14.0. The molecule has 0 N–H and O–H groups in total. The number of ether oxygens (including phenoxy) is 1. The number of carbonyl (C=O) groups excluding carboxylic acids is 3. The first kappa shape index (κ1) is 24.5. The fraction of sp³-hybridized carbons (Fsp3) is 0.333. The van der Waals surface area contributed by atoms with Crippen molar-refractivity contribution in [2.45, 2.75) is 46.2 Å². The lowest BCUT2D eigenvalue weighted by Crippen LogP contribution is -2.46. The number of nitriles is 1. The molecule has 1 heterocycles. The standard InChI is InChI=1S/C27H27N3O4/c1-5-34-26(32)13-19(4)29-17-25(31)30(18(2)3)24-12-11-21(15-23(24)27(29)33)10-9-20-7-6-8-22(14-20)16-28/h6-8,11-12,14-15,18-19H,5,13,17H2,1-4H3. The van der Waals surface area contributed by atoms with Crippen LogP contribution in [0.5, 0.6) is 0 Å². The fourth-order valence-electron chi connectivity index (χ4n) is 3.88. The van der Waals surface area contributed by atoms with Gasteiger partial charge in [-0.15, -0.1) is 0 Å². The molecule has 3 rings (SSSR count). The summed E-state index contributed by atoms with van der Waals surface area (Å²) < 4.78 is 5.02. The Morgan fingerprint density at radius 2 is 1.74 bits per heavy atom. The lowest BCUT2D eigenvalue weighted by molar-refractivity contribution is -0.144. The second kappa shape index (κ2) is 10.7. The largest absolute Gasteiger partial charge is 0.466 e. The van der Waals surface area contributed by atoms with E-state index in [4.69, 9.17) is 10.00 Å². The molecule has 0 spiro atoms. The number of carbonyl (C=O) groups is 3. The molecule has 0 fully saturated rings. The zero-order valence-corrected chi connectivity index (χ0v) is 19.8. The number of nitrogens with zero attached hydrogens (tertiary/aromatic N) is 3. The van der Waals surface area contributed by atoms with E-state index in [1.54, 1.807) is 61.2 Å². The molecule has 0 bridgehead atoms. The quantitative estimate of drug-likeness (QED) is 0.506. The van der Waals surface area contributed by atoms with Gasteiger partial charge in [0.25, 0.3) is 5.91 Å². The van der Waals surface area contributed by atoms with E-state index >= 15 is 0 Å². The third-order valence-electron chi connectivity index (χ3n) is 5.48. The highest BCUT2D eigenvalue weighted by molar-refractivity contribution is 6.10. The fourth-order valence-corrected chi connectivity index (χ4v) is 3.88. The Labute approximate surface area is 199 Å². The monoisotopic (exact) mass is 457 g/mol. The minimum atomic E-state index is -0.515. The summed E-state index contributed by atoms with van der Waals surface area (Å²) in [7, 11) is 0. The van der Waals surface area contributed by atoms with Crippen molar-refractivity contribution in [3.8, 4) is 17.9 Å². The molecule has 7 nitrogen and oxygen atoms in total. The number of rotatable bonds is 5. The highest BCUT2D eigenvalue weighted by Gasteiger charge is 2.35. The number of hydrogen-bond acceptors (Lipinski definition) is 5. The summed E-state index contributed by atoms with van der Waals surface area (Å²) in [4.78, 5) is 41.7. The van der Waals surface area contributed by atoms with Crippen LogP contribution in [0.2, 0.25) is 0 Å². The van der Waals surface area contributed by atoms with E-state index in [0.29, 0.717) is 27.9 Å². The Morgan fingerprint density at radius 1 is 1.06 bits per heavy atom. The summed E-state index contributed by atoms with van der Waals surface area (Å²) >= 11 is 0. The van der Waals surface area contributed by atoms with E-state index in [2.05, 4.69) is 17.9 Å². The number of amides is 2. The van der Waals surface area contributed by atoms with Gasteiger partial charge in [0, 0.05) is 23.2 Å². The molecular weight excluding hydrogens is 430 g/mol. The molecule has 1 atom stereocenters. The summed E-state index contributed by atoms with van der Waals surface area (Å²) in [6, 6.07) is 13.6. The molecule has 2 aromatic carbocycles. The second-order valence-electron chi connectivity index (χ2n) is 8.32. The van der Waals surface area contributed by atoms with Gasteiger partial charge in [-0.1, -0.05) is 17.9 Å². The van der Waals surface area contributed by atoms with Gasteiger partial charge in [-0.3, -0.25) is 14.4 Å². The molecule has 2 aromatic rings. The Morgan fingerprint density at radius 3 is 2.38 bits per heavy atom. The van der Waals surface area contributed by atoms with E-state index in [1.165, 1.54) is 4.90 Å². The smallest absolute Gasteiger partial charge is 0.307 e. The van der Waals surface area contributed by atoms with Gasteiger partial charge in [0.1, 0.15) is 6.54 Å². The average molecular weight is 458 g/mol. The molecule has 34 heavy (non-hydrogen) atoms. The number of fused-ring (bicyclic) bond motifs is 1.